The number of hydrogen-bond acceptors (Lipinski definition) is 3. The van der Waals surface area contributed by atoms with E-state index < -0.39 is 70.6 Å². The number of anilines is 3. The van der Waals surface area contributed by atoms with Crippen LogP contribution in [0.25, 0.3) is 0 Å². The SMILES string of the molecule is Nc1cc(NC(=O)c2cc(F)cc(C(F)(F)F)c2)c2c3c1C(F)(F)CN3C(=O)NC2c1cc(F)ccc1Cl. The zero-order valence-corrected chi connectivity index (χ0v) is 19.4. The fourth-order valence-corrected chi connectivity index (χ4v) is 4.84. The number of alkyl halides is 5. The molecular weight excluding hydrogens is 545 g/mol. The van der Waals surface area contributed by atoms with Gasteiger partial charge in [0.15, 0.2) is 0 Å². The molecule has 0 saturated heterocycles. The predicted molar refractivity (Wildman–Crippen MR) is 123 cm³/mol. The normalized spacial score (nSPS) is 17.7. The largest absolute Gasteiger partial charge is 0.416 e. The average Bonchev–Trinajstić information content (AvgIpc) is 3.10. The van der Waals surface area contributed by atoms with Gasteiger partial charge in [-0.15, -0.1) is 0 Å². The van der Waals surface area contributed by atoms with Gasteiger partial charge in [0, 0.05) is 27.4 Å². The number of rotatable bonds is 3. The first-order valence-corrected chi connectivity index (χ1v) is 11.1. The molecule has 3 aromatic carbocycles. The van der Waals surface area contributed by atoms with Gasteiger partial charge in [-0.2, -0.15) is 22.0 Å². The maximum atomic E-state index is 14.9. The van der Waals surface area contributed by atoms with Crippen LogP contribution in [-0.4, -0.2) is 18.5 Å². The standard InChI is InChI=1S/C24H14ClF7N4O2/c25-14-2-1-11(26)6-13(14)19-17-16(34-21(37)9-3-10(24(30,31)32)5-12(27)4-9)7-15(33)18-20(17)36(22(38)35-19)8-23(18,28)29/h1-7,19H,8,33H2,(H,34,37)(H,35,38). The minimum atomic E-state index is -4.96. The number of carbonyl (C=O) groups is 2. The van der Waals surface area contributed by atoms with E-state index in [1.807, 2.05) is 0 Å². The van der Waals surface area contributed by atoms with Gasteiger partial charge >= 0.3 is 12.2 Å². The first-order valence-electron chi connectivity index (χ1n) is 10.7. The van der Waals surface area contributed by atoms with Crippen LogP contribution in [0, 0.1) is 11.6 Å². The summed E-state index contributed by atoms with van der Waals surface area (Å²) in [6.07, 6.45) is -4.96. The van der Waals surface area contributed by atoms with Crippen molar-refractivity contribution < 1.29 is 40.3 Å². The molecule has 0 saturated carbocycles. The van der Waals surface area contributed by atoms with Crippen molar-refractivity contribution in [1.82, 2.24) is 5.32 Å². The van der Waals surface area contributed by atoms with E-state index in [9.17, 15) is 40.3 Å². The zero-order chi connectivity index (χ0) is 27.7. The molecule has 14 heteroatoms. The second-order valence-electron chi connectivity index (χ2n) is 8.67. The number of urea groups is 1. The van der Waals surface area contributed by atoms with Crippen molar-refractivity contribution in [2.75, 3.05) is 22.5 Å². The third-order valence-corrected chi connectivity index (χ3v) is 6.51. The van der Waals surface area contributed by atoms with Crippen molar-refractivity contribution in [3.05, 3.63) is 86.9 Å². The number of benzene rings is 3. The molecule has 2 heterocycles. The van der Waals surface area contributed by atoms with Gasteiger partial charge in [-0.05, 0) is 42.5 Å². The monoisotopic (exact) mass is 558 g/mol. The summed E-state index contributed by atoms with van der Waals surface area (Å²) in [7, 11) is 0. The Bertz CT molecular complexity index is 1530. The molecular formula is C24H14ClF7N4O2. The minimum Gasteiger partial charge on any atom is -0.398 e. The second-order valence-corrected chi connectivity index (χ2v) is 9.08. The summed E-state index contributed by atoms with van der Waals surface area (Å²) >= 11 is 6.21. The predicted octanol–water partition coefficient (Wildman–Crippen LogP) is 6.20. The van der Waals surface area contributed by atoms with Crippen LogP contribution in [0.5, 0.6) is 0 Å². The van der Waals surface area contributed by atoms with Crippen LogP contribution in [0.1, 0.15) is 38.7 Å². The lowest BCUT2D eigenvalue weighted by Crippen LogP contribution is -2.47. The summed E-state index contributed by atoms with van der Waals surface area (Å²) in [5.74, 6) is -6.95. The maximum Gasteiger partial charge on any atom is 0.416 e. The molecule has 0 radical (unpaired) electrons. The number of nitrogens with zero attached hydrogens (tertiary/aromatic N) is 1. The summed E-state index contributed by atoms with van der Waals surface area (Å²) in [6, 6.07) is 2.88. The van der Waals surface area contributed by atoms with E-state index in [-0.39, 0.29) is 33.6 Å². The van der Waals surface area contributed by atoms with Crippen molar-refractivity contribution in [3.8, 4) is 0 Å². The molecule has 3 amide bonds. The Hall–Kier alpha value is -4.00. The number of nitrogens with one attached hydrogen (secondary N) is 2. The quantitative estimate of drug-likeness (QED) is 0.264. The Kier molecular flexibility index (Phi) is 5.74. The molecule has 198 valence electrons. The lowest BCUT2D eigenvalue weighted by molar-refractivity contribution is -0.137. The van der Waals surface area contributed by atoms with Crippen LogP contribution in [0.3, 0.4) is 0 Å². The summed E-state index contributed by atoms with van der Waals surface area (Å²) < 4.78 is 97.3. The highest BCUT2D eigenvalue weighted by Crippen LogP contribution is 2.54. The van der Waals surface area contributed by atoms with Crippen LogP contribution in [0.2, 0.25) is 5.02 Å². The molecule has 1 unspecified atom stereocenters. The molecule has 2 aliphatic rings. The molecule has 0 spiro atoms. The molecule has 0 aliphatic carbocycles. The third kappa shape index (κ3) is 4.16. The minimum absolute atomic E-state index is 0.0533. The van der Waals surface area contributed by atoms with Gasteiger partial charge in [0.1, 0.15) is 11.6 Å². The molecule has 2 aliphatic heterocycles. The van der Waals surface area contributed by atoms with Gasteiger partial charge < -0.3 is 16.4 Å². The van der Waals surface area contributed by atoms with Crippen LogP contribution in [0.15, 0.2) is 42.5 Å². The molecule has 5 rings (SSSR count). The fourth-order valence-electron chi connectivity index (χ4n) is 4.62. The van der Waals surface area contributed by atoms with E-state index in [0.29, 0.717) is 17.0 Å². The van der Waals surface area contributed by atoms with Gasteiger partial charge in [-0.1, -0.05) is 11.6 Å². The lowest BCUT2D eigenvalue weighted by atomic mass is 9.90. The Balaban J connectivity index is 1.70. The van der Waals surface area contributed by atoms with Crippen molar-refractivity contribution in [2.24, 2.45) is 0 Å². The van der Waals surface area contributed by atoms with E-state index in [1.165, 1.54) is 6.07 Å². The Morgan fingerprint density at radius 1 is 1.11 bits per heavy atom. The Labute approximate surface area is 214 Å². The molecule has 0 bridgehead atoms. The van der Waals surface area contributed by atoms with Crippen LogP contribution in [0.4, 0.5) is 52.6 Å². The Morgan fingerprint density at radius 2 is 1.82 bits per heavy atom. The van der Waals surface area contributed by atoms with Crippen LogP contribution >= 0.6 is 11.6 Å². The maximum absolute atomic E-state index is 14.9. The van der Waals surface area contributed by atoms with Crippen molar-refractivity contribution >= 4 is 40.6 Å². The first-order chi connectivity index (χ1) is 17.7. The molecule has 4 N–H and O–H groups in total. The van der Waals surface area contributed by atoms with Gasteiger partial charge in [0.25, 0.3) is 11.8 Å². The summed E-state index contributed by atoms with van der Waals surface area (Å²) in [5, 5.41) is 4.66. The molecule has 0 aromatic heterocycles. The number of carbonyl (C=O) groups excluding carboxylic acids is 2. The smallest absolute Gasteiger partial charge is 0.398 e. The number of amides is 3. The van der Waals surface area contributed by atoms with Crippen LogP contribution < -0.4 is 21.3 Å². The molecule has 1 atom stereocenters. The van der Waals surface area contributed by atoms with Crippen molar-refractivity contribution in [2.45, 2.75) is 18.1 Å². The van der Waals surface area contributed by atoms with Gasteiger partial charge in [-0.3, -0.25) is 9.69 Å². The van der Waals surface area contributed by atoms with Gasteiger partial charge in [0.05, 0.1) is 35.1 Å². The lowest BCUT2D eigenvalue weighted by Gasteiger charge is -2.34. The zero-order valence-electron chi connectivity index (χ0n) is 18.7. The first kappa shape index (κ1) is 25.6. The van der Waals surface area contributed by atoms with Crippen molar-refractivity contribution in [1.29, 1.82) is 0 Å². The summed E-state index contributed by atoms with van der Waals surface area (Å²) in [6.45, 7) is -1.09. The highest BCUT2D eigenvalue weighted by molar-refractivity contribution is 6.31. The fraction of sp³-hybridized carbons (Fsp3) is 0.167. The van der Waals surface area contributed by atoms with E-state index in [1.54, 1.807) is 0 Å². The van der Waals surface area contributed by atoms with E-state index in [0.717, 1.165) is 18.2 Å². The van der Waals surface area contributed by atoms with Gasteiger partial charge in [0.2, 0.25) is 0 Å². The van der Waals surface area contributed by atoms with Gasteiger partial charge in [-0.25, -0.2) is 13.6 Å². The molecule has 3 aromatic rings. The number of hydrogen-bond donors (Lipinski definition) is 3. The van der Waals surface area contributed by atoms with Crippen molar-refractivity contribution in [3.63, 3.8) is 0 Å². The number of halogens is 8. The molecule has 0 fully saturated rings. The number of nitrogen functional groups attached to an aromatic ring is 1. The molecule has 6 nitrogen and oxygen atoms in total. The van der Waals surface area contributed by atoms with E-state index >= 15 is 0 Å². The van der Waals surface area contributed by atoms with E-state index in [4.69, 9.17) is 17.3 Å². The summed E-state index contributed by atoms with van der Waals surface area (Å²) in [4.78, 5) is 26.4. The highest BCUT2D eigenvalue weighted by atomic mass is 35.5. The average molecular weight is 559 g/mol. The third-order valence-electron chi connectivity index (χ3n) is 6.17. The molecule has 38 heavy (non-hydrogen) atoms. The highest BCUT2D eigenvalue weighted by Gasteiger charge is 2.52. The number of nitrogens with two attached hydrogens (primary N) is 1. The van der Waals surface area contributed by atoms with Crippen LogP contribution in [-0.2, 0) is 12.1 Å². The topological polar surface area (TPSA) is 87.5 Å². The Morgan fingerprint density at radius 3 is 2.50 bits per heavy atom. The second kappa shape index (κ2) is 8.51. The van der Waals surface area contributed by atoms with E-state index in [2.05, 4.69) is 10.6 Å². The summed E-state index contributed by atoms with van der Waals surface area (Å²) in [5.41, 5.74) is 1.59.